The summed E-state index contributed by atoms with van der Waals surface area (Å²) in [6, 6.07) is 11.5. The van der Waals surface area contributed by atoms with Crippen molar-refractivity contribution < 1.29 is 13.2 Å². The van der Waals surface area contributed by atoms with E-state index in [1.54, 1.807) is 6.07 Å². The third-order valence-corrected chi connectivity index (χ3v) is 3.71. The van der Waals surface area contributed by atoms with Crippen LogP contribution in [0, 0.1) is 13.8 Å². The Labute approximate surface area is 134 Å². The fourth-order valence-corrected chi connectivity index (χ4v) is 2.21. The third-order valence-electron chi connectivity index (χ3n) is 3.71. The van der Waals surface area contributed by atoms with Crippen LogP contribution in [-0.2, 0) is 6.18 Å². The first kappa shape index (κ1) is 17.2. The van der Waals surface area contributed by atoms with Crippen molar-refractivity contribution in [3.8, 4) is 0 Å². The Kier molecular flexibility index (Phi) is 5.53. The molecule has 0 spiro atoms. The molecule has 2 nitrogen and oxygen atoms in total. The number of aryl methyl sites for hydroxylation is 2. The molecule has 0 heterocycles. The smallest absolute Gasteiger partial charge is 0.385 e. The molecule has 2 N–H and O–H groups in total. The average molecular weight is 322 g/mol. The SMILES string of the molecule is Cc1ccc(NCCCNc2cccc(C(F)(F)F)c2)cc1C. The standard InChI is InChI=1S/C18H21F3N2/c1-13-7-8-17(11-14(13)2)23-10-4-9-22-16-6-3-5-15(12-16)18(19,20)21/h3,5-8,11-12,22-23H,4,9-10H2,1-2H3. The highest BCUT2D eigenvalue weighted by atomic mass is 19.4. The van der Waals surface area contributed by atoms with Gasteiger partial charge in [0, 0.05) is 24.5 Å². The second kappa shape index (κ2) is 7.40. The molecule has 0 aromatic heterocycles. The van der Waals surface area contributed by atoms with Crippen molar-refractivity contribution in [2.24, 2.45) is 0 Å². The number of rotatable bonds is 6. The van der Waals surface area contributed by atoms with Crippen molar-refractivity contribution in [3.05, 3.63) is 59.2 Å². The maximum Gasteiger partial charge on any atom is 0.416 e. The minimum atomic E-state index is -4.30. The lowest BCUT2D eigenvalue weighted by Gasteiger charge is -2.11. The van der Waals surface area contributed by atoms with Crippen LogP contribution in [0.1, 0.15) is 23.1 Å². The van der Waals surface area contributed by atoms with Gasteiger partial charge in [0.05, 0.1) is 5.56 Å². The lowest BCUT2D eigenvalue weighted by molar-refractivity contribution is -0.137. The van der Waals surface area contributed by atoms with Crippen LogP contribution in [0.5, 0.6) is 0 Å². The Balaban J connectivity index is 1.76. The molecule has 2 rings (SSSR count). The zero-order valence-electron chi connectivity index (χ0n) is 13.3. The van der Waals surface area contributed by atoms with Crippen molar-refractivity contribution in [2.45, 2.75) is 26.4 Å². The number of hydrogen-bond acceptors (Lipinski definition) is 2. The van der Waals surface area contributed by atoms with Crippen molar-refractivity contribution in [1.29, 1.82) is 0 Å². The van der Waals surface area contributed by atoms with Crippen molar-refractivity contribution in [1.82, 2.24) is 0 Å². The Bertz CT molecular complexity index is 651. The molecule has 2 aromatic carbocycles. The summed E-state index contributed by atoms with van der Waals surface area (Å²) in [5.74, 6) is 0. The molecular weight excluding hydrogens is 301 g/mol. The minimum absolute atomic E-state index is 0.492. The highest BCUT2D eigenvalue weighted by Gasteiger charge is 2.30. The average Bonchev–Trinajstić information content (AvgIpc) is 2.50. The molecule has 124 valence electrons. The van der Waals surface area contributed by atoms with E-state index in [1.165, 1.54) is 17.2 Å². The van der Waals surface area contributed by atoms with Gasteiger partial charge in [-0.25, -0.2) is 0 Å². The zero-order valence-corrected chi connectivity index (χ0v) is 13.3. The number of hydrogen-bond donors (Lipinski definition) is 2. The van der Waals surface area contributed by atoms with Gasteiger partial charge in [-0.15, -0.1) is 0 Å². The van der Waals surface area contributed by atoms with E-state index in [4.69, 9.17) is 0 Å². The summed E-state index contributed by atoms with van der Waals surface area (Å²) in [7, 11) is 0. The van der Waals surface area contributed by atoms with Crippen LogP contribution in [0.15, 0.2) is 42.5 Å². The molecule has 0 aliphatic rings. The van der Waals surface area contributed by atoms with Crippen LogP contribution in [0.4, 0.5) is 24.5 Å². The van der Waals surface area contributed by atoms with E-state index in [2.05, 4.69) is 36.6 Å². The first-order valence-electron chi connectivity index (χ1n) is 7.58. The first-order chi connectivity index (χ1) is 10.9. The van der Waals surface area contributed by atoms with Crippen molar-refractivity contribution in [2.75, 3.05) is 23.7 Å². The molecule has 0 bridgehead atoms. The van der Waals surface area contributed by atoms with E-state index in [0.29, 0.717) is 12.2 Å². The molecular formula is C18H21F3N2. The Morgan fingerprint density at radius 2 is 1.48 bits per heavy atom. The quantitative estimate of drug-likeness (QED) is 0.711. The van der Waals surface area contributed by atoms with Crippen molar-refractivity contribution >= 4 is 11.4 Å². The van der Waals surface area contributed by atoms with E-state index >= 15 is 0 Å². The number of anilines is 2. The van der Waals surface area contributed by atoms with Crippen LogP contribution >= 0.6 is 0 Å². The summed E-state index contributed by atoms with van der Waals surface area (Å²) in [6.07, 6.45) is -3.49. The molecule has 2 aromatic rings. The Hall–Kier alpha value is -2.17. The molecule has 0 aliphatic heterocycles. The summed E-state index contributed by atoms with van der Waals surface area (Å²) in [5, 5.41) is 6.34. The summed E-state index contributed by atoms with van der Waals surface area (Å²) in [4.78, 5) is 0. The van der Waals surface area contributed by atoms with Gasteiger partial charge >= 0.3 is 6.18 Å². The molecule has 5 heteroatoms. The fraction of sp³-hybridized carbons (Fsp3) is 0.333. The van der Waals surface area contributed by atoms with Gasteiger partial charge in [0.15, 0.2) is 0 Å². The van der Waals surface area contributed by atoms with Gasteiger partial charge in [0.2, 0.25) is 0 Å². The van der Waals surface area contributed by atoms with E-state index in [0.717, 1.165) is 30.8 Å². The monoisotopic (exact) mass is 322 g/mol. The Morgan fingerprint density at radius 3 is 2.09 bits per heavy atom. The predicted molar refractivity (Wildman–Crippen MR) is 89.0 cm³/mol. The molecule has 0 unspecified atom stereocenters. The number of halogens is 3. The molecule has 0 atom stereocenters. The zero-order chi connectivity index (χ0) is 16.9. The Morgan fingerprint density at radius 1 is 0.826 bits per heavy atom. The van der Waals surface area contributed by atoms with Gasteiger partial charge < -0.3 is 10.6 Å². The van der Waals surface area contributed by atoms with Gasteiger partial charge in [0.1, 0.15) is 0 Å². The fourth-order valence-electron chi connectivity index (χ4n) is 2.21. The van der Waals surface area contributed by atoms with Crippen molar-refractivity contribution in [3.63, 3.8) is 0 Å². The highest BCUT2D eigenvalue weighted by Crippen LogP contribution is 2.30. The maximum atomic E-state index is 12.6. The normalized spacial score (nSPS) is 11.3. The van der Waals surface area contributed by atoms with Crippen LogP contribution in [0.3, 0.4) is 0 Å². The summed E-state index contributed by atoms with van der Waals surface area (Å²) >= 11 is 0. The lowest BCUT2D eigenvalue weighted by atomic mass is 10.1. The van der Waals surface area contributed by atoms with Gasteiger partial charge in [0.25, 0.3) is 0 Å². The summed E-state index contributed by atoms with van der Waals surface area (Å²) in [6.45, 7) is 5.50. The maximum absolute atomic E-state index is 12.6. The molecule has 0 aliphatic carbocycles. The number of alkyl halides is 3. The van der Waals surface area contributed by atoms with Crippen LogP contribution in [0.25, 0.3) is 0 Å². The second-order valence-electron chi connectivity index (χ2n) is 5.58. The summed E-state index contributed by atoms with van der Waals surface area (Å²) in [5.41, 5.74) is 3.41. The number of nitrogens with one attached hydrogen (secondary N) is 2. The van der Waals surface area contributed by atoms with E-state index in [-0.39, 0.29) is 0 Å². The highest BCUT2D eigenvalue weighted by molar-refractivity contribution is 5.48. The van der Waals surface area contributed by atoms with Gasteiger partial charge in [-0.1, -0.05) is 12.1 Å². The molecule has 0 amide bonds. The van der Waals surface area contributed by atoms with Gasteiger partial charge in [-0.2, -0.15) is 13.2 Å². The lowest BCUT2D eigenvalue weighted by Crippen LogP contribution is -2.10. The molecule has 0 saturated heterocycles. The van der Waals surface area contributed by atoms with Crippen LogP contribution < -0.4 is 10.6 Å². The minimum Gasteiger partial charge on any atom is -0.385 e. The topological polar surface area (TPSA) is 24.1 Å². The second-order valence-corrected chi connectivity index (χ2v) is 5.58. The number of benzene rings is 2. The predicted octanol–water partition coefficient (Wildman–Crippen LogP) is 5.24. The van der Waals surface area contributed by atoms with E-state index < -0.39 is 11.7 Å². The third kappa shape index (κ3) is 5.20. The van der Waals surface area contributed by atoms with E-state index in [9.17, 15) is 13.2 Å². The van der Waals surface area contributed by atoms with E-state index in [1.807, 2.05) is 6.07 Å². The molecule has 0 radical (unpaired) electrons. The molecule has 0 fully saturated rings. The summed E-state index contributed by atoms with van der Waals surface area (Å²) < 4.78 is 37.9. The molecule has 23 heavy (non-hydrogen) atoms. The van der Waals surface area contributed by atoms with Crippen LogP contribution in [-0.4, -0.2) is 13.1 Å². The molecule has 0 saturated carbocycles. The first-order valence-corrected chi connectivity index (χ1v) is 7.58. The van der Waals surface area contributed by atoms with Crippen LogP contribution in [0.2, 0.25) is 0 Å². The van der Waals surface area contributed by atoms with Gasteiger partial charge in [-0.05, 0) is 61.7 Å². The van der Waals surface area contributed by atoms with Gasteiger partial charge in [-0.3, -0.25) is 0 Å². The largest absolute Gasteiger partial charge is 0.416 e.